The maximum absolute atomic E-state index is 12.1. The first-order chi connectivity index (χ1) is 9.60. The molecular weight excluding hydrogens is 278 g/mol. The molecule has 0 saturated heterocycles. The molecule has 102 valence electrons. The molecule has 0 unspecified atom stereocenters. The van der Waals surface area contributed by atoms with Gasteiger partial charge in [-0.15, -0.1) is 0 Å². The number of benzene rings is 1. The van der Waals surface area contributed by atoms with E-state index in [1.54, 1.807) is 30.3 Å². The minimum atomic E-state index is -0.408. The predicted octanol–water partition coefficient (Wildman–Crippen LogP) is 3.71. The summed E-state index contributed by atoms with van der Waals surface area (Å²) in [5.41, 5.74) is 0.222. The average molecular weight is 290 g/mol. The number of furan rings is 1. The Morgan fingerprint density at radius 2 is 2.10 bits per heavy atom. The standard InChI is InChI=1S/C15H12ClNO3/c1-2-9-4-6-12(20-9)13-14(18)10-5-3-8(16)7-11(10)17-15(13)19/h3-7H,2H2,1H3,(H2,17,18,19). The second kappa shape index (κ2) is 4.72. The fraction of sp³-hybridized carbons (Fsp3) is 0.133. The van der Waals surface area contributed by atoms with E-state index in [0.717, 1.165) is 12.2 Å². The molecule has 0 aliphatic heterocycles. The quantitative estimate of drug-likeness (QED) is 0.756. The van der Waals surface area contributed by atoms with Crippen LogP contribution in [0.2, 0.25) is 5.02 Å². The summed E-state index contributed by atoms with van der Waals surface area (Å²) < 4.78 is 5.55. The fourth-order valence-electron chi connectivity index (χ4n) is 2.18. The van der Waals surface area contributed by atoms with E-state index in [2.05, 4.69) is 4.98 Å². The number of halogens is 1. The maximum Gasteiger partial charge on any atom is 0.263 e. The summed E-state index contributed by atoms with van der Waals surface area (Å²) in [7, 11) is 0. The molecule has 0 fully saturated rings. The van der Waals surface area contributed by atoms with Crippen molar-refractivity contribution in [2.75, 3.05) is 0 Å². The van der Waals surface area contributed by atoms with Gasteiger partial charge >= 0.3 is 0 Å². The second-order valence-corrected chi connectivity index (χ2v) is 4.92. The number of aromatic nitrogens is 1. The lowest BCUT2D eigenvalue weighted by Gasteiger charge is -2.05. The smallest absolute Gasteiger partial charge is 0.263 e. The summed E-state index contributed by atoms with van der Waals surface area (Å²) in [5.74, 6) is 1.02. The highest BCUT2D eigenvalue weighted by Crippen LogP contribution is 2.33. The minimum absolute atomic E-state index is 0.0996. The number of fused-ring (bicyclic) bond motifs is 1. The van der Waals surface area contributed by atoms with E-state index in [1.165, 1.54) is 0 Å². The Kier molecular flexibility index (Phi) is 3.03. The number of rotatable bonds is 2. The van der Waals surface area contributed by atoms with Crippen LogP contribution >= 0.6 is 11.6 Å². The molecule has 0 aliphatic rings. The molecule has 0 spiro atoms. The van der Waals surface area contributed by atoms with Gasteiger partial charge in [-0.25, -0.2) is 0 Å². The normalized spacial score (nSPS) is 11.1. The van der Waals surface area contributed by atoms with Gasteiger partial charge in [0.2, 0.25) is 0 Å². The maximum atomic E-state index is 12.1. The molecular formula is C15H12ClNO3. The van der Waals surface area contributed by atoms with Crippen LogP contribution in [-0.2, 0) is 6.42 Å². The third-order valence-electron chi connectivity index (χ3n) is 3.21. The first-order valence-corrected chi connectivity index (χ1v) is 6.61. The van der Waals surface area contributed by atoms with Crippen molar-refractivity contribution in [3.05, 3.63) is 51.5 Å². The van der Waals surface area contributed by atoms with Gasteiger partial charge in [0, 0.05) is 16.8 Å². The second-order valence-electron chi connectivity index (χ2n) is 4.49. The van der Waals surface area contributed by atoms with Gasteiger partial charge in [0.05, 0.1) is 5.52 Å². The van der Waals surface area contributed by atoms with E-state index < -0.39 is 5.56 Å². The van der Waals surface area contributed by atoms with E-state index in [-0.39, 0.29) is 11.3 Å². The van der Waals surface area contributed by atoms with Gasteiger partial charge in [0.1, 0.15) is 22.8 Å². The number of pyridine rings is 1. The third-order valence-corrected chi connectivity index (χ3v) is 3.44. The zero-order valence-electron chi connectivity index (χ0n) is 10.7. The zero-order chi connectivity index (χ0) is 14.3. The van der Waals surface area contributed by atoms with Gasteiger partial charge in [-0.2, -0.15) is 0 Å². The van der Waals surface area contributed by atoms with E-state index in [0.29, 0.717) is 21.7 Å². The Balaban J connectivity index is 2.31. The molecule has 0 atom stereocenters. The predicted molar refractivity (Wildman–Crippen MR) is 78.3 cm³/mol. The van der Waals surface area contributed by atoms with Crippen molar-refractivity contribution in [3.8, 4) is 17.1 Å². The van der Waals surface area contributed by atoms with Gasteiger partial charge in [0.15, 0.2) is 0 Å². The topological polar surface area (TPSA) is 66.2 Å². The first-order valence-electron chi connectivity index (χ1n) is 6.23. The monoisotopic (exact) mass is 289 g/mol. The summed E-state index contributed by atoms with van der Waals surface area (Å²) in [4.78, 5) is 14.9. The lowest BCUT2D eigenvalue weighted by Crippen LogP contribution is -2.08. The molecule has 0 amide bonds. The molecule has 0 saturated carbocycles. The van der Waals surface area contributed by atoms with Gasteiger partial charge in [-0.05, 0) is 30.3 Å². The minimum Gasteiger partial charge on any atom is -0.506 e. The van der Waals surface area contributed by atoms with Gasteiger partial charge in [-0.3, -0.25) is 4.79 Å². The van der Waals surface area contributed by atoms with Crippen LogP contribution in [0.4, 0.5) is 0 Å². The molecule has 0 aliphatic carbocycles. The zero-order valence-corrected chi connectivity index (χ0v) is 11.5. The molecule has 0 radical (unpaired) electrons. The molecule has 1 aromatic carbocycles. The van der Waals surface area contributed by atoms with Crippen molar-refractivity contribution >= 4 is 22.5 Å². The van der Waals surface area contributed by atoms with Crippen molar-refractivity contribution in [1.29, 1.82) is 0 Å². The molecule has 3 aromatic rings. The van der Waals surface area contributed by atoms with Crippen LogP contribution in [0.15, 0.2) is 39.5 Å². The number of aryl methyl sites for hydroxylation is 1. The molecule has 2 heterocycles. The molecule has 0 bridgehead atoms. The summed E-state index contributed by atoms with van der Waals surface area (Å²) in [5, 5.41) is 11.4. The number of H-pyrrole nitrogens is 1. The Bertz CT molecular complexity index is 848. The van der Waals surface area contributed by atoms with E-state index >= 15 is 0 Å². The Hall–Kier alpha value is -2.20. The van der Waals surface area contributed by atoms with Crippen LogP contribution in [0.3, 0.4) is 0 Å². The number of aromatic hydroxyl groups is 1. The van der Waals surface area contributed by atoms with Gasteiger partial charge in [0.25, 0.3) is 5.56 Å². The van der Waals surface area contributed by atoms with Crippen LogP contribution in [0.1, 0.15) is 12.7 Å². The highest BCUT2D eigenvalue weighted by Gasteiger charge is 2.17. The Labute approximate surface area is 119 Å². The number of nitrogens with one attached hydrogen (secondary N) is 1. The first kappa shape index (κ1) is 12.8. The van der Waals surface area contributed by atoms with E-state index in [1.807, 2.05) is 6.92 Å². The third kappa shape index (κ3) is 1.98. The van der Waals surface area contributed by atoms with Crippen LogP contribution in [0, 0.1) is 0 Å². The summed E-state index contributed by atoms with van der Waals surface area (Å²) >= 11 is 5.88. The van der Waals surface area contributed by atoms with Crippen molar-refractivity contribution < 1.29 is 9.52 Å². The number of hydrogen-bond acceptors (Lipinski definition) is 3. The highest BCUT2D eigenvalue weighted by molar-refractivity contribution is 6.31. The van der Waals surface area contributed by atoms with Gasteiger partial charge < -0.3 is 14.5 Å². The summed E-state index contributed by atoms with van der Waals surface area (Å²) in [6.07, 6.45) is 0.724. The van der Waals surface area contributed by atoms with Crippen molar-refractivity contribution in [3.63, 3.8) is 0 Å². The average Bonchev–Trinajstić information content (AvgIpc) is 2.86. The highest BCUT2D eigenvalue weighted by atomic mass is 35.5. The van der Waals surface area contributed by atoms with Crippen LogP contribution < -0.4 is 5.56 Å². The van der Waals surface area contributed by atoms with Crippen molar-refractivity contribution in [2.45, 2.75) is 13.3 Å². The Morgan fingerprint density at radius 1 is 1.30 bits per heavy atom. The molecule has 4 nitrogen and oxygen atoms in total. The van der Waals surface area contributed by atoms with E-state index in [9.17, 15) is 9.90 Å². The molecule has 2 aromatic heterocycles. The fourth-order valence-corrected chi connectivity index (χ4v) is 2.36. The summed E-state index contributed by atoms with van der Waals surface area (Å²) in [6.45, 7) is 1.95. The SMILES string of the molecule is CCc1ccc(-c2c(O)c3ccc(Cl)cc3[nH]c2=O)o1. The number of hydrogen-bond donors (Lipinski definition) is 2. The summed E-state index contributed by atoms with van der Waals surface area (Å²) in [6, 6.07) is 8.40. The van der Waals surface area contributed by atoms with Crippen molar-refractivity contribution in [1.82, 2.24) is 4.98 Å². The molecule has 5 heteroatoms. The van der Waals surface area contributed by atoms with Gasteiger partial charge in [-0.1, -0.05) is 18.5 Å². The van der Waals surface area contributed by atoms with Crippen LogP contribution in [-0.4, -0.2) is 10.1 Å². The largest absolute Gasteiger partial charge is 0.506 e. The van der Waals surface area contributed by atoms with Crippen LogP contribution in [0.25, 0.3) is 22.2 Å². The van der Waals surface area contributed by atoms with Crippen molar-refractivity contribution in [2.24, 2.45) is 0 Å². The van der Waals surface area contributed by atoms with E-state index in [4.69, 9.17) is 16.0 Å². The Morgan fingerprint density at radius 3 is 2.80 bits per heavy atom. The molecule has 20 heavy (non-hydrogen) atoms. The van der Waals surface area contributed by atoms with Crippen LogP contribution in [0.5, 0.6) is 5.75 Å². The molecule has 2 N–H and O–H groups in total. The lowest BCUT2D eigenvalue weighted by atomic mass is 10.1. The molecule has 3 rings (SSSR count). The lowest BCUT2D eigenvalue weighted by molar-refractivity contribution is 0.475. The number of aromatic amines is 1.